The second-order valence-corrected chi connectivity index (χ2v) is 14.7. The molecule has 0 bridgehead atoms. The van der Waals surface area contributed by atoms with Crippen LogP contribution in [0.5, 0.6) is 0 Å². The number of allylic oxidation sites excluding steroid dienone is 1. The van der Waals surface area contributed by atoms with Gasteiger partial charge in [0.25, 0.3) is 0 Å². The predicted octanol–water partition coefficient (Wildman–Crippen LogP) is 3.97. The SMILES string of the molecule is CC(C)(O)CCC(=O)[C@](C)(O)[C@H]1CC[C@@]2(C)[C@@H]3CC=C4[C@@H](C[C@H](O)[C@H](O)C4(C)C)[C@]3(C)C(=O)C[C@]12C. The molecule has 0 spiro atoms. The number of aliphatic hydroxyl groups is 4. The lowest BCUT2D eigenvalue weighted by Crippen LogP contribution is -2.65. The molecule has 9 atom stereocenters. The molecule has 0 amide bonds. The Kier molecular flexibility index (Phi) is 6.37. The lowest BCUT2D eigenvalue weighted by molar-refractivity contribution is -0.186. The molecule has 204 valence electrons. The number of carbonyl (C=O) groups is 2. The Hall–Kier alpha value is -1.08. The van der Waals surface area contributed by atoms with Crippen molar-refractivity contribution in [2.75, 3.05) is 0 Å². The van der Waals surface area contributed by atoms with E-state index in [0.29, 0.717) is 25.7 Å². The molecule has 4 N–H and O–H groups in total. The lowest BCUT2D eigenvalue weighted by atomic mass is 9.38. The molecular formula is C30H48O6. The van der Waals surface area contributed by atoms with Gasteiger partial charge in [-0.1, -0.05) is 46.3 Å². The van der Waals surface area contributed by atoms with Gasteiger partial charge in [0, 0.05) is 29.6 Å². The van der Waals surface area contributed by atoms with Crippen molar-refractivity contribution in [2.45, 2.75) is 124 Å². The van der Waals surface area contributed by atoms with E-state index in [0.717, 1.165) is 12.0 Å². The smallest absolute Gasteiger partial charge is 0.164 e. The van der Waals surface area contributed by atoms with Crippen molar-refractivity contribution in [1.82, 2.24) is 0 Å². The van der Waals surface area contributed by atoms with Gasteiger partial charge in [-0.15, -0.1) is 0 Å². The van der Waals surface area contributed by atoms with E-state index < -0.39 is 39.7 Å². The van der Waals surface area contributed by atoms with Gasteiger partial charge in [-0.05, 0) is 75.5 Å². The van der Waals surface area contributed by atoms with Gasteiger partial charge in [0.05, 0.1) is 17.8 Å². The Balaban J connectivity index is 1.72. The average Bonchev–Trinajstić information content (AvgIpc) is 3.02. The largest absolute Gasteiger partial charge is 0.390 e. The summed E-state index contributed by atoms with van der Waals surface area (Å²) in [6.45, 7) is 15.3. The molecule has 4 aliphatic carbocycles. The summed E-state index contributed by atoms with van der Waals surface area (Å²) < 4.78 is 0. The summed E-state index contributed by atoms with van der Waals surface area (Å²) in [5, 5.41) is 43.3. The zero-order valence-electron chi connectivity index (χ0n) is 23.5. The highest BCUT2D eigenvalue weighted by Gasteiger charge is 2.72. The number of Topliss-reactive ketones (excluding diaryl/α,β-unsaturated/α-hetero) is 2. The lowest BCUT2D eigenvalue weighted by Gasteiger charge is -2.65. The third kappa shape index (κ3) is 3.65. The normalized spacial score (nSPS) is 45.7. The first-order valence-corrected chi connectivity index (χ1v) is 13.8. The van der Waals surface area contributed by atoms with Crippen LogP contribution in [0, 0.1) is 39.4 Å². The van der Waals surface area contributed by atoms with E-state index in [1.807, 2.05) is 13.8 Å². The van der Waals surface area contributed by atoms with Crippen LogP contribution in [0.1, 0.15) is 100 Å². The van der Waals surface area contributed by atoms with Crippen molar-refractivity contribution in [1.29, 1.82) is 0 Å². The van der Waals surface area contributed by atoms with Crippen molar-refractivity contribution in [3.05, 3.63) is 11.6 Å². The van der Waals surface area contributed by atoms with Crippen molar-refractivity contribution < 1.29 is 30.0 Å². The van der Waals surface area contributed by atoms with Gasteiger partial charge >= 0.3 is 0 Å². The number of hydrogen-bond donors (Lipinski definition) is 4. The Bertz CT molecular complexity index is 972. The van der Waals surface area contributed by atoms with E-state index in [1.165, 1.54) is 0 Å². The number of carbonyl (C=O) groups excluding carboxylic acids is 2. The molecule has 0 aromatic carbocycles. The first kappa shape index (κ1) is 27.9. The Morgan fingerprint density at radius 3 is 2.25 bits per heavy atom. The summed E-state index contributed by atoms with van der Waals surface area (Å²) in [4.78, 5) is 27.5. The van der Waals surface area contributed by atoms with Crippen LogP contribution in [0.25, 0.3) is 0 Å². The third-order valence-electron chi connectivity index (χ3n) is 11.9. The summed E-state index contributed by atoms with van der Waals surface area (Å²) in [5.74, 6) is -0.577. The van der Waals surface area contributed by atoms with Crippen molar-refractivity contribution in [3.63, 3.8) is 0 Å². The zero-order valence-corrected chi connectivity index (χ0v) is 23.5. The molecular weight excluding hydrogens is 456 g/mol. The van der Waals surface area contributed by atoms with Gasteiger partial charge in [-0.2, -0.15) is 0 Å². The van der Waals surface area contributed by atoms with E-state index in [4.69, 9.17) is 0 Å². The van der Waals surface area contributed by atoms with Gasteiger partial charge in [-0.3, -0.25) is 9.59 Å². The minimum Gasteiger partial charge on any atom is -0.390 e. The molecule has 4 aliphatic rings. The standard InChI is InChI=1S/C30H48O6/c1-25(2,35)13-12-22(32)30(8,36)21-11-14-27(5)20-10-9-17-18(15-19(31)24(34)26(17,3)4)29(20,7)23(33)16-28(21,27)6/h9,18-21,24,31,34-36H,10-16H2,1-8H3/t18-,19+,20+,21+,24+,27+,28-,29+,30-/m1/s1. The average molecular weight is 505 g/mol. The minimum atomic E-state index is -1.57. The van der Waals surface area contributed by atoms with Gasteiger partial charge in [-0.25, -0.2) is 0 Å². The Morgan fingerprint density at radius 2 is 1.67 bits per heavy atom. The van der Waals surface area contributed by atoms with Gasteiger partial charge in [0.1, 0.15) is 11.4 Å². The molecule has 6 heteroatoms. The summed E-state index contributed by atoms with van der Waals surface area (Å²) in [6.07, 6.45) is 3.72. The van der Waals surface area contributed by atoms with Gasteiger partial charge in [0.15, 0.2) is 5.78 Å². The van der Waals surface area contributed by atoms with Crippen LogP contribution in [0.4, 0.5) is 0 Å². The van der Waals surface area contributed by atoms with E-state index in [1.54, 1.807) is 20.8 Å². The van der Waals surface area contributed by atoms with Gasteiger partial charge in [0.2, 0.25) is 0 Å². The molecule has 3 fully saturated rings. The van der Waals surface area contributed by atoms with Crippen LogP contribution < -0.4 is 0 Å². The summed E-state index contributed by atoms with van der Waals surface area (Å²) >= 11 is 0. The van der Waals surface area contributed by atoms with Crippen LogP contribution in [0.2, 0.25) is 0 Å². The topological polar surface area (TPSA) is 115 Å². The van der Waals surface area contributed by atoms with E-state index in [9.17, 15) is 30.0 Å². The van der Waals surface area contributed by atoms with Gasteiger partial charge < -0.3 is 20.4 Å². The first-order valence-electron chi connectivity index (χ1n) is 13.8. The van der Waals surface area contributed by atoms with E-state index >= 15 is 0 Å². The summed E-state index contributed by atoms with van der Waals surface area (Å²) in [6, 6.07) is 0. The molecule has 0 aliphatic heterocycles. The van der Waals surface area contributed by atoms with Crippen LogP contribution in [0.15, 0.2) is 11.6 Å². The molecule has 36 heavy (non-hydrogen) atoms. The van der Waals surface area contributed by atoms with Crippen LogP contribution in [-0.4, -0.2) is 55.4 Å². The molecule has 4 rings (SSSR count). The molecule has 0 radical (unpaired) electrons. The first-order chi connectivity index (χ1) is 16.2. The Morgan fingerprint density at radius 1 is 1.06 bits per heavy atom. The Labute approximate surface area is 216 Å². The second kappa shape index (κ2) is 8.21. The zero-order chi connectivity index (χ0) is 27.3. The van der Waals surface area contributed by atoms with Crippen molar-refractivity contribution >= 4 is 11.6 Å². The van der Waals surface area contributed by atoms with Crippen LogP contribution in [0.3, 0.4) is 0 Å². The fraction of sp³-hybridized carbons (Fsp3) is 0.867. The number of ketones is 2. The predicted molar refractivity (Wildman–Crippen MR) is 138 cm³/mol. The molecule has 0 unspecified atom stereocenters. The number of fused-ring (bicyclic) bond motifs is 5. The van der Waals surface area contributed by atoms with E-state index in [-0.39, 0.29) is 47.6 Å². The monoisotopic (exact) mass is 504 g/mol. The molecule has 0 saturated heterocycles. The molecule has 0 aromatic heterocycles. The fourth-order valence-corrected chi connectivity index (χ4v) is 9.25. The fourth-order valence-electron chi connectivity index (χ4n) is 9.25. The van der Waals surface area contributed by atoms with Crippen molar-refractivity contribution in [2.24, 2.45) is 39.4 Å². The summed E-state index contributed by atoms with van der Waals surface area (Å²) in [7, 11) is 0. The van der Waals surface area contributed by atoms with Crippen molar-refractivity contribution in [3.8, 4) is 0 Å². The molecule has 6 nitrogen and oxygen atoms in total. The highest BCUT2D eigenvalue weighted by atomic mass is 16.3. The molecule has 3 saturated carbocycles. The number of rotatable bonds is 5. The maximum atomic E-state index is 14.2. The minimum absolute atomic E-state index is 0.0236. The number of hydrogen-bond acceptors (Lipinski definition) is 6. The van der Waals surface area contributed by atoms with E-state index in [2.05, 4.69) is 26.8 Å². The highest BCUT2D eigenvalue weighted by molar-refractivity contribution is 5.90. The molecule has 0 aromatic rings. The quantitative estimate of drug-likeness (QED) is 0.421. The summed E-state index contributed by atoms with van der Waals surface area (Å²) in [5.41, 5.74) is -3.56. The van der Waals surface area contributed by atoms with Crippen LogP contribution in [-0.2, 0) is 9.59 Å². The maximum Gasteiger partial charge on any atom is 0.164 e. The second-order valence-electron chi connectivity index (χ2n) is 14.7. The third-order valence-corrected chi connectivity index (χ3v) is 11.9. The maximum absolute atomic E-state index is 14.2. The highest BCUT2D eigenvalue weighted by Crippen LogP contribution is 2.74. The molecule has 0 heterocycles. The van der Waals surface area contributed by atoms with Crippen LogP contribution >= 0.6 is 0 Å². The number of aliphatic hydroxyl groups excluding tert-OH is 2.